The summed E-state index contributed by atoms with van der Waals surface area (Å²) >= 11 is 0. The normalized spacial score (nSPS) is 28.2. The molecule has 2 saturated heterocycles. The van der Waals surface area contributed by atoms with Crippen molar-refractivity contribution in [2.24, 2.45) is 0 Å². The first-order chi connectivity index (χ1) is 8.22. The molecule has 2 fully saturated rings. The van der Waals surface area contributed by atoms with Crippen molar-refractivity contribution in [3.63, 3.8) is 0 Å². The number of hydrogen-bond donors (Lipinski definition) is 1. The van der Waals surface area contributed by atoms with Crippen molar-refractivity contribution in [2.45, 2.75) is 38.3 Å². The average Bonchev–Trinajstić information content (AvgIpc) is 2.84. The van der Waals surface area contributed by atoms with Crippen LogP contribution < -0.4 is 5.32 Å². The molecular formula is C12H17N3O2. The van der Waals surface area contributed by atoms with Crippen LogP contribution in [-0.2, 0) is 0 Å². The standard InChI is InChI=1S/C12H17N3O2/c1-8-6-11(17-14-8)12(16)15-5-4-9-2-3-10(7-15)13-9/h6,9-10,13H,2-5,7H2,1H3. The Hall–Kier alpha value is -1.36. The largest absolute Gasteiger partial charge is 0.351 e. The number of carbonyl (C=O) groups is 1. The molecule has 3 heterocycles. The van der Waals surface area contributed by atoms with Crippen molar-refractivity contribution < 1.29 is 9.32 Å². The van der Waals surface area contributed by atoms with Crippen LogP contribution in [0, 0.1) is 6.92 Å². The highest BCUT2D eigenvalue weighted by Crippen LogP contribution is 2.21. The van der Waals surface area contributed by atoms with Crippen LogP contribution in [0.4, 0.5) is 0 Å². The molecular weight excluding hydrogens is 218 g/mol. The summed E-state index contributed by atoms with van der Waals surface area (Å²) in [5, 5.41) is 7.32. The van der Waals surface area contributed by atoms with Gasteiger partial charge in [-0.05, 0) is 26.2 Å². The predicted molar refractivity (Wildman–Crippen MR) is 61.7 cm³/mol. The van der Waals surface area contributed by atoms with Gasteiger partial charge >= 0.3 is 0 Å². The van der Waals surface area contributed by atoms with E-state index in [0.717, 1.165) is 25.2 Å². The summed E-state index contributed by atoms with van der Waals surface area (Å²) in [6, 6.07) is 2.75. The summed E-state index contributed by atoms with van der Waals surface area (Å²) in [6.07, 6.45) is 3.45. The third kappa shape index (κ3) is 2.07. The Kier molecular flexibility index (Phi) is 2.63. The molecule has 0 aromatic carbocycles. The number of amides is 1. The zero-order valence-electron chi connectivity index (χ0n) is 9.98. The number of carbonyl (C=O) groups excluding carboxylic acids is 1. The lowest BCUT2D eigenvalue weighted by Gasteiger charge is -2.22. The maximum Gasteiger partial charge on any atom is 0.292 e. The zero-order valence-corrected chi connectivity index (χ0v) is 9.98. The van der Waals surface area contributed by atoms with Gasteiger partial charge in [0.05, 0.1) is 5.69 Å². The van der Waals surface area contributed by atoms with Gasteiger partial charge in [0.15, 0.2) is 0 Å². The molecule has 1 aromatic heterocycles. The maximum absolute atomic E-state index is 12.2. The Bertz CT molecular complexity index is 429. The van der Waals surface area contributed by atoms with Gasteiger partial charge in [0.1, 0.15) is 0 Å². The number of rotatable bonds is 1. The Morgan fingerprint density at radius 3 is 3.06 bits per heavy atom. The smallest absolute Gasteiger partial charge is 0.292 e. The van der Waals surface area contributed by atoms with E-state index in [4.69, 9.17) is 4.52 Å². The molecule has 0 radical (unpaired) electrons. The molecule has 5 heteroatoms. The van der Waals surface area contributed by atoms with E-state index in [1.165, 1.54) is 12.8 Å². The fourth-order valence-electron chi connectivity index (χ4n) is 2.75. The number of likely N-dealkylation sites (tertiary alicyclic amines) is 1. The van der Waals surface area contributed by atoms with E-state index in [2.05, 4.69) is 10.5 Å². The zero-order chi connectivity index (χ0) is 11.8. The van der Waals surface area contributed by atoms with E-state index >= 15 is 0 Å². The van der Waals surface area contributed by atoms with Gasteiger partial charge in [0.2, 0.25) is 5.76 Å². The molecule has 1 aromatic rings. The van der Waals surface area contributed by atoms with Gasteiger partial charge in [-0.1, -0.05) is 5.16 Å². The number of aromatic nitrogens is 1. The van der Waals surface area contributed by atoms with Crippen LogP contribution in [0.5, 0.6) is 0 Å². The van der Waals surface area contributed by atoms with Gasteiger partial charge in [-0.3, -0.25) is 4.79 Å². The highest BCUT2D eigenvalue weighted by Gasteiger charge is 2.32. The summed E-state index contributed by atoms with van der Waals surface area (Å²) in [7, 11) is 0. The summed E-state index contributed by atoms with van der Waals surface area (Å²) < 4.78 is 5.04. The van der Waals surface area contributed by atoms with E-state index in [-0.39, 0.29) is 5.91 Å². The Morgan fingerprint density at radius 1 is 1.47 bits per heavy atom. The summed E-state index contributed by atoms with van der Waals surface area (Å²) in [5.41, 5.74) is 0.753. The number of aryl methyl sites for hydroxylation is 1. The molecule has 2 atom stereocenters. The number of fused-ring (bicyclic) bond motifs is 2. The molecule has 0 aliphatic carbocycles. The first-order valence-corrected chi connectivity index (χ1v) is 6.21. The molecule has 1 N–H and O–H groups in total. The second kappa shape index (κ2) is 4.14. The topological polar surface area (TPSA) is 58.4 Å². The first-order valence-electron chi connectivity index (χ1n) is 6.21. The summed E-state index contributed by atoms with van der Waals surface area (Å²) in [4.78, 5) is 14.1. The molecule has 0 saturated carbocycles. The fraction of sp³-hybridized carbons (Fsp3) is 0.667. The van der Waals surface area contributed by atoms with Crippen LogP contribution in [0.3, 0.4) is 0 Å². The number of nitrogens with zero attached hydrogens (tertiary/aromatic N) is 2. The van der Waals surface area contributed by atoms with Gasteiger partial charge in [0, 0.05) is 31.2 Å². The van der Waals surface area contributed by atoms with E-state index in [1.54, 1.807) is 6.07 Å². The second-order valence-electron chi connectivity index (χ2n) is 5.01. The average molecular weight is 235 g/mol. The summed E-state index contributed by atoms with van der Waals surface area (Å²) in [5.74, 6) is 0.334. The van der Waals surface area contributed by atoms with Crippen LogP contribution in [0.25, 0.3) is 0 Å². The Morgan fingerprint density at radius 2 is 2.29 bits per heavy atom. The van der Waals surface area contributed by atoms with Crippen molar-refractivity contribution in [3.05, 3.63) is 17.5 Å². The van der Waals surface area contributed by atoms with Crippen LogP contribution in [0.1, 0.15) is 35.5 Å². The quantitative estimate of drug-likeness (QED) is 0.787. The minimum atomic E-state index is -0.0278. The van der Waals surface area contributed by atoms with Gasteiger partial charge in [-0.2, -0.15) is 0 Å². The lowest BCUT2D eigenvalue weighted by atomic mass is 10.1. The molecule has 92 valence electrons. The van der Waals surface area contributed by atoms with Crippen molar-refractivity contribution in [1.82, 2.24) is 15.4 Å². The lowest BCUT2D eigenvalue weighted by molar-refractivity contribution is 0.0706. The first kappa shape index (κ1) is 10.8. The molecule has 0 spiro atoms. The van der Waals surface area contributed by atoms with E-state index in [9.17, 15) is 4.79 Å². The van der Waals surface area contributed by atoms with E-state index < -0.39 is 0 Å². The molecule has 3 rings (SSSR count). The minimum Gasteiger partial charge on any atom is -0.351 e. The van der Waals surface area contributed by atoms with Gasteiger partial charge in [-0.15, -0.1) is 0 Å². The molecule has 17 heavy (non-hydrogen) atoms. The van der Waals surface area contributed by atoms with Crippen LogP contribution in [0.2, 0.25) is 0 Å². The van der Waals surface area contributed by atoms with E-state index in [0.29, 0.717) is 17.8 Å². The highest BCUT2D eigenvalue weighted by atomic mass is 16.5. The van der Waals surface area contributed by atoms with Crippen molar-refractivity contribution in [3.8, 4) is 0 Å². The van der Waals surface area contributed by atoms with Gasteiger partial charge in [0.25, 0.3) is 5.91 Å². The van der Waals surface area contributed by atoms with Gasteiger partial charge < -0.3 is 14.7 Å². The number of hydrogen-bond acceptors (Lipinski definition) is 4. The predicted octanol–water partition coefficient (Wildman–Crippen LogP) is 0.950. The maximum atomic E-state index is 12.2. The molecule has 2 unspecified atom stereocenters. The number of nitrogens with one attached hydrogen (secondary N) is 1. The molecule has 2 bridgehead atoms. The van der Waals surface area contributed by atoms with Crippen LogP contribution in [-0.4, -0.2) is 41.1 Å². The summed E-state index contributed by atoms with van der Waals surface area (Å²) in [6.45, 7) is 3.42. The van der Waals surface area contributed by atoms with Crippen molar-refractivity contribution in [1.29, 1.82) is 0 Å². The van der Waals surface area contributed by atoms with Crippen molar-refractivity contribution >= 4 is 5.91 Å². The van der Waals surface area contributed by atoms with Gasteiger partial charge in [-0.25, -0.2) is 0 Å². The molecule has 5 nitrogen and oxygen atoms in total. The highest BCUT2D eigenvalue weighted by molar-refractivity contribution is 5.91. The van der Waals surface area contributed by atoms with Crippen LogP contribution >= 0.6 is 0 Å². The second-order valence-corrected chi connectivity index (χ2v) is 5.01. The SMILES string of the molecule is Cc1cc(C(=O)N2CCC3CCC(C2)N3)on1. The van der Waals surface area contributed by atoms with Crippen LogP contribution in [0.15, 0.2) is 10.6 Å². The third-order valence-electron chi connectivity index (χ3n) is 3.65. The molecule has 2 aliphatic rings. The molecule has 2 aliphatic heterocycles. The van der Waals surface area contributed by atoms with Crippen molar-refractivity contribution in [2.75, 3.05) is 13.1 Å². The Labute approximate surface area is 100 Å². The third-order valence-corrected chi connectivity index (χ3v) is 3.65. The lowest BCUT2D eigenvalue weighted by Crippen LogP contribution is -2.38. The Balaban J connectivity index is 1.73. The fourth-order valence-corrected chi connectivity index (χ4v) is 2.75. The monoisotopic (exact) mass is 235 g/mol. The molecule has 1 amide bonds. The minimum absolute atomic E-state index is 0.0278. The van der Waals surface area contributed by atoms with E-state index in [1.807, 2.05) is 11.8 Å².